The van der Waals surface area contributed by atoms with E-state index in [0.717, 1.165) is 48.1 Å². The van der Waals surface area contributed by atoms with Crippen LogP contribution in [0, 0.1) is 6.92 Å². The van der Waals surface area contributed by atoms with E-state index in [1.165, 1.54) is 0 Å². The lowest BCUT2D eigenvalue weighted by molar-refractivity contribution is 0.171. The maximum Gasteiger partial charge on any atom is 0.224 e. The molecular formula is C17H22N4O2. The number of nitrogens with one attached hydrogen (secondary N) is 2. The Morgan fingerprint density at radius 3 is 2.74 bits per heavy atom. The van der Waals surface area contributed by atoms with Gasteiger partial charge in [0.25, 0.3) is 0 Å². The van der Waals surface area contributed by atoms with E-state index in [2.05, 4.69) is 27.5 Å². The Morgan fingerprint density at radius 2 is 1.91 bits per heavy atom. The fraction of sp³-hybridized carbons (Fsp3) is 0.412. The van der Waals surface area contributed by atoms with Gasteiger partial charge in [-0.25, -0.2) is 4.98 Å². The Labute approximate surface area is 136 Å². The SMILES string of the molecule is CCCCNc1nc(C)cc(Nc2ccc3c(c2)OCCO3)n1. The van der Waals surface area contributed by atoms with Crippen LogP contribution in [0.15, 0.2) is 24.3 Å². The average Bonchev–Trinajstić information content (AvgIpc) is 2.54. The van der Waals surface area contributed by atoms with Gasteiger partial charge in [-0.15, -0.1) is 0 Å². The number of unbranched alkanes of at least 4 members (excludes halogenated alkanes) is 1. The molecule has 0 saturated heterocycles. The molecule has 23 heavy (non-hydrogen) atoms. The smallest absolute Gasteiger partial charge is 0.224 e. The number of aromatic nitrogens is 2. The number of hydrogen-bond donors (Lipinski definition) is 2. The molecule has 1 aromatic carbocycles. The molecule has 1 aliphatic heterocycles. The third kappa shape index (κ3) is 4.03. The van der Waals surface area contributed by atoms with Crippen LogP contribution in [0.1, 0.15) is 25.5 Å². The predicted molar refractivity (Wildman–Crippen MR) is 90.9 cm³/mol. The Bertz CT molecular complexity index is 676. The maximum absolute atomic E-state index is 5.60. The third-order valence-corrected chi connectivity index (χ3v) is 3.48. The molecule has 1 aliphatic rings. The molecule has 0 amide bonds. The summed E-state index contributed by atoms with van der Waals surface area (Å²) in [5.74, 6) is 2.95. The van der Waals surface area contributed by atoms with Crippen molar-refractivity contribution >= 4 is 17.5 Å². The van der Waals surface area contributed by atoms with E-state index in [4.69, 9.17) is 9.47 Å². The third-order valence-electron chi connectivity index (χ3n) is 3.48. The van der Waals surface area contributed by atoms with Crippen molar-refractivity contribution in [3.05, 3.63) is 30.0 Å². The monoisotopic (exact) mass is 314 g/mol. The Balaban J connectivity index is 1.74. The summed E-state index contributed by atoms with van der Waals surface area (Å²) in [5.41, 5.74) is 1.82. The number of nitrogens with zero attached hydrogens (tertiary/aromatic N) is 2. The highest BCUT2D eigenvalue weighted by molar-refractivity contribution is 5.62. The first-order valence-corrected chi connectivity index (χ1v) is 8.01. The quantitative estimate of drug-likeness (QED) is 0.795. The standard InChI is InChI=1S/C17H22N4O2/c1-3-4-7-18-17-19-12(2)10-16(21-17)20-13-5-6-14-15(11-13)23-9-8-22-14/h5-6,10-11H,3-4,7-9H2,1-2H3,(H2,18,19,20,21). The second-order valence-corrected chi connectivity index (χ2v) is 5.48. The zero-order valence-corrected chi connectivity index (χ0v) is 13.6. The zero-order chi connectivity index (χ0) is 16.1. The van der Waals surface area contributed by atoms with Gasteiger partial charge in [0.05, 0.1) is 0 Å². The number of hydrogen-bond acceptors (Lipinski definition) is 6. The van der Waals surface area contributed by atoms with E-state index in [1.54, 1.807) is 0 Å². The van der Waals surface area contributed by atoms with Crippen molar-refractivity contribution in [1.29, 1.82) is 0 Å². The van der Waals surface area contributed by atoms with Gasteiger partial charge in [-0.2, -0.15) is 4.98 Å². The molecule has 2 aromatic rings. The lowest BCUT2D eigenvalue weighted by atomic mass is 10.2. The van der Waals surface area contributed by atoms with Gasteiger partial charge in [-0.1, -0.05) is 13.3 Å². The first kappa shape index (κ1) is 15.4. The minimum atomic E-state index is 0.578. The van der Waals surface area contributed by atoms with Crippen molar-refractivity contribution < 1.29 is 9.47 Å². The van der Waals surface area contributed by atoms with Crippen LogP contribution < -0.4 is 20.1 Å². The summed E-state index contributed by atoms with van der Waals surface area (Å²) in [7, 11) is 0. The van der Waals surface area contributed by atoms with Gasteiger partial charge in [0.15, 0.2) is 11.5 Å². The van der Waals surface area contributed by atoms with Crippen LogP contribution in [0.3, 0.4) is 0 Å². The average molecular weight is 314 g/mol. The highest BCUT2D eigenvalue weighted by atomic mass is 16.6. The summed E-state index contributed by atoms with van der Waals surface area (Å²) < 4.78 is 11.1. The van der Waals surface area contributed by atoms with E-state index >= 15 is 0 Å². The summed E-state index contributed by atoms with van der Waals surface area (Å²) >= 11 is 0. The fourth-order valence-corrected chi connectivity index (χ4v) is 2.36. The molecule has 6 nitrogen and oxygen atoms in total. The number of aryl methyl sites for hydroxylation is 1. The highest BCUT2D eigenvalue weighted by Crippen LogP contribution is 2.33. The van der Waals surface area contributed by atoms with Crippen LogP contribution in [0.4, 0.5) is 17.5 Å². The lowest BCUT2D eigenvalue weighted by Crippen LogP contribution is -2.15. The zero-order valence-electron chi connectivity index (χ0n) is 13.6. The molecule has 0 saturated carbocycles. The van der Waals surface area contributed by atoms with Crippen LogP contribution in [-0.4, -0.2) is 29.7 Å². The number of fused-ring (bicyclic) bond motifs is 1. The summed E-state index contributed by atoms with van der Waals surface area (Å²) in [6.45, 7) is 6.17. The van der Waals surface area contributed by atoms with Crippen molar-refractivity contribution in [3.63, 3.8) is 0 Å². The minimum absolute atomic E-state index is 0.578. The van der Waals surface area contributed by atoms with E-state index < -0.39 is 0 Å². The Morgan fingerprint density at radius 1 is 1.09 bits per heavy atom. The Hall–Kier alpha value is -2.50. The molecule has 0 radical (unpaired) electrons. The predicted octanol–water partition coefficient (Wildman–Crippen LogP) is 3.51. The molecule has 122 valence electrons. The summed E-state index contributed by atoms with van der Waals surface area (Å²) in [6.07, 6.45) is 2.24. The largest absolute Gasteiger partial charge is 0.486 e. The van der Waals surface area contributed by atoms with Crippen molar-refractivity contribution in [1.82, 2.24) is 9.97 Å². The molecule has 0 fully saturated rings. The molecule has 1 aromatic heterocycles. The molecule has 0 spiro atoms. The number of benzene rings is 1. The van der Waals surface area contributed by atoms with Gasteiger partial charge < -0.3 is 20.1 Å². The maximum atomic E-state index is 5.60. The van der Waals surface area contributed by atoms with Crippen LogP contribution in [0.2, 0.25) is 0 Å². The molecule has 0 atom stereocenters. The normalized spacial score (nSPS) is 12.8. The van der Waals surface area contributed by atoms with Crippen LogP contribution in [0.25, 0.3) is 0 Å². The van der Waals surface area contributed by atoms with Gasteiger partial charge in [0, 0.05) is 30.1 Å². The molecule has 0 bridgehead atoms. The van der Waals surface area contributed by atoms with Crippen molar-refractivity contribution in [2.24, 2.45) is 0 Å². The summed E-state index contributed by atoms with van der Waals surface area (Å²) in [6, 6.07) is 7.71. The number of anilines is 3. The van der Waals surface area contributed by atoms with Gasteiger partial charge in [0.2, 0.25) is 5.95 Å². The number of rotatable bonds is 6. The second-order valence-electron chi connectivity index (χ2n) is 5.48. The van der Waals surface area contributed by atoms with E-state index in [1.807, 2.05) is 31.2 Å². The minimum Gasteiger partial charge on any atom is -0.486 e. The molecule has 2 heterocycles. The van der Waals surface area contributed by atoms with Crippen molar-refractivity contribution in [3.8, 4) is 11.5 Å². The first-order valence-electron chi connectivity index (χ1n) is 8.01. The van der Waals surface area contributed by atoms with Gasteiger partial charge >= 0.3 is 0 Å². The van der Waals surface area contributed by atoms with Crippen LogP contribution in [-0.2, 0) is 0 Å². The fourth-order valence-electron chi connectivity index (χ4n) is 2.36. The van der Waals surface area contributed by atoms with Gasteiger partial charge in [-0.3, -0.25) is 0 Å². The van der Waals surface area contributed by atoms with Crippen LogP contribution >= 0.6 is 0 Å². The molecule has 0 aliphatic carbocycles. The van der Waals surface area contributed by atoms with E-state index in [-0.39, 0.29) is 0 Å². The summed E-state index contributed by atoms with van der Waals surface area (Å²) in [5, 5.41) is 6.55. The van der Waals surface area contributed by atoms with Gasteiger partial charge in [0.1, 0.15) is 19.0 Å². The van der Waals surface area contributed by atoms with Gasteiger partial charge in [-0.05, 0) is 25.5 Å². The molecule has 0 unspecified atom stereocenters. The highest BCUT2D eigenvalue weighted by Gasteiger charge is 2.12. The van der Waals surface area contributed by atoms with Crippen LogP contribution in [0.5, 0.6) is 11.5 Å². The lowest BCUT2D eigenvalue weighted by Gasteiger charge is -2.19. The van der Waals surface area contributed by atoms with E-state index in [0.29, 0.717) is 19.2 Å². The molecule has 6 heteroatoms. The first-order chi connectivity index (χ1) is 11.2. The molecule has 3 rings (SSSR count). The summed E-state index contributed by atoms with van der Waals surface area (Å²) in [4.78, 5) is 8.92. The second kappa shape index (κ2) is 7.17. The van der Waals surface area contributed by atoms with E-state index in [9.17, 15) is 0 Å². The van der Waals surface area contributed by atoms with Crippen molar-refractivity contribution in [2.75, 3.05) is 30.4 Å². The molecule has 2 N–H and O–H groups in total. The number of ether oxygens (including phenoxy) is 2. The molecular weight excluding hydrogens is 292 g/mol. The van der Waals surface area contributed by atoms with Crippen molar-refractivity contribution in [2.45, 2.75) is 26.7 Å². The topological polar surface area (TPSA) is 68.3 Å². The Kier molecular flexibility index (Phi) is 4.80.